The molecule has 12 heteroatoms. The summed E-state index contributed by atoms with van der Waals surface area (Å²) in [5, 5.41) is 7.01. The molecule has 11 nitrogen and oxygen atoms in total. The number of nitrogens with one attached hydrogen (secondary N) is 2. The van der Waals surface area contributed by atoms with E-state index in [4.69, 9.17) is 9.57 Å². The average Bonchev–Trinajstić information content (AvgIpc) is 4.02. The molecule has 0 spiro atoms. The van der Waals surface area contributed by atoms with Crippen LogP contribution in [-0.4, -0.2) is 72.8 Å². The van der Waals surface area contributed by atoms with Crippen LogP contribution >= 0.6 is 0 Å². The SMILES string of the molecule is C=C[C@@H]1C[C@]1(NC(=O)[C@@H]1C[C@@H]2C[C@H]1C(=O)N(C1CC1)CCCC=CCOc1ccc3c(c1)C(=NO2)c1ccccc1-3)C(=O)NS(=O)(=O)C1CC1. The topological polar surface area (TPSA) is 143 Å². The van der Waals surface area contributed by atoms with Gasteiger partial charge in [-0.25, -0.2) is 8.42 Å². The highest BCUT2D eigenvalue weighted by Gasteiger charge is 2.62. The van der Waals surface area contributed by atoms with Gasteiger partial charge in [0.1, 0.15) is 29.7 Å². The van der Waals surface area contributed by atoms with Gasteiger partial charge in [0.2, 0.25) is 21.8 Å². The lowest BCUT2D eigenvalue weighted by Crippen LogP contribution is -2.54. The second-order valence-electron chi connectivity index (χ2n) is 14.5. The standard InChI is InChI=1S/C38H42N4O7S/c1-2-23-22-38(23,37(45)41-50(46,47)27-14-15-27)39-35(43)32-20-26-21-33(32)36(44)42(24-11-12-24)17-7-3-4-8-18-48-25-13-16-29-28-9-5-6-10-30(28)34(40-49-26)31(29)19-25/h2,4-6,8-10,13,16,19,23-24,26-27,32-33H,1,3,7,11-12,14-15,17-18,20-22H2,(H,39,43)(H,41,45)/t23-,26-,32-,33-,38-/m1/s1. The molecule has 4 bridgehead atoms. The Hall–Kier alpha value is -4.45. The summed E-state index contributed by atoms with van der Waals surface area (Å²) in [7, 11) is -3.83. The molecule has 1 heterocycles. The van der Waals surface area contributed by atoms with E-state index in [-0.39, 0.29) is 31.2 Å². The number of nitrogens with zero attached hydrogens (tertiary/aromatic N) is 2. The van der Waals surface area contributed by atoms with Crippen molar-refractivity contribution in [2.75, 3.05) is 13.2 Å². The molecule has 1 aliphatic heterocycles. The Labute approximate surface area is 292 Å². The minimum absolute atomic E-state index is 0.0908. The van der Waals surface area contributed by atoms with Crippen molar-refractivity contribution in [3.63, 3.8) is 0 Å². The van der Waals surface area contributed by atoms with E-state index >= 15 is 0 Å². The summed E-state index contributed by atoms with van der Waals surface area (Å²) in [5.74, 6) is -2.50. The summed E-state index contributed by atoms with van der Waals surface area (Å²) in [4.78, 5) is 50.2. The van der Waals surface area contributed by atoms with Crippen molar-refractivity contribution < 1.29 is 32.4 Å². The van der Waals surface area contributed by atoms with Gasteiger partial charge in [-0.2, -0.15) is 0 Å². The van der Waals surface area contributed by atoms with E-state index in [1.54, 1.807) is 6.08 Å². The molecule has 2 aromatic carbocycles. The van der Waals surface area contributed by atoms with Crippen molar-refractivity contribution >= 4 is 33.5 Å². The van der Waals surface area contributed by atoms with E-state index in [0.717, 1.165) is 53.7 Å². The molecular weight excluding hydrogens is 657 g/mol. The highest BCUT2D eigenvalue weighted by atomic mass is 32.2. The first-order valence-electron chi connectivity index (χ1n) is 17.8. The summed E-state index contributed by atoms with van der Waals surface area (Å²) in [6.45, 7) is 4.79. The van der Waals surface area contributed by atoms with Crippen molar-refractivity contribution in [1.82, 2.24) is 14.9 Å². The first-order valence-corrected chi connectivity index (χ1v) is 19.3. The molecule has 0 saturated heterocycles. The van der Waals surface area contributed by atoms with Gasteiger partial charge in [-0.05, 0) is 87.1 Å². The van der Waals surface area contributed by atoms with E-state index in [0.29, 0.717) is 31.7 Å². The van der Waals surface area contributed by atoms with Crippen LogP contribution in [0.1, 0.15) is 68.9 Å². The summed E-state index contributed by atoms with van der Waals surface area (Å²) < 4.78 is 33.6. The number of ether oxygens (including phenoxy) is 1. The maximum absolute atomic E-state index is 14.3. The third-order valence-electron chi connectivity index (χ3n) is 11.0. The van der Waals surface area contributed by atoms with E-state index in [2.05, 4.69) is 27.8 Å². The molecule has 0 aromatic heterocycles. The largest absolute Gasteiger partial charge is 0.490 e. The Balaban J connectivity index is 1.10. The number of hydrogen-bond donors (Lipinski definition) is 2. The van der Waals surface area contributed by atoms with Crippen LogP contribution in [0, 0.1) is 17.8 Å². The van der Waals surface area contributed by atoms with Gasteiger partial charge in [0, 0.05) is 29.6 Å². The summed E-state index contributed by atoms with van der Waals surface area (Å²) >= 11 is 0. The zero-order chi connectivity index (χ0) is 34.6. The molecule has 5 aliphatic carbocycles. The lowest BCUT2D eigenvalue weighted by Gasteiger charge is -2.29. The molecule has 0 radical (unpaired) electrons. The quantitative estimate of drug-likeness (QED) is 0.352. The first-order chi connectivity index (χ1) is 24.2. The summed E-state index contributed by atoms with van der Waals surface area (Å²) in [6, 6.07) is 14.1. The fraction of sp³-hybridized carbons (Fsp3) is 0.474. The Bertz CT molecular complexity index is 1920. The third kappa shape index (κ3) is 6.12. The van der Waals surface area contributed by atoms with Crippen molar-refractivity contribution in [2.24, 2.45) is 22.9 Å². The molecule has 5 atom stereocenters. The Morgan fingerprint density at radius 2 is 1.78 bits per heavy atom. The first kappa shape index (κ1) is 32.7. The molecule has 2 N–H and O–H groups in total. The maximum Gasteiger partial charge on any atom is 0.259 e. The molecule has 50 heavy (non-hydrogen) atoms. The number of amides is 3. The van der Waals surface area contributed by atoms with Crippen LogP contribution < -0.4 is 14.8 Å². The number of carbonyl (C=O) groups excluding carboxylic acids is 3. The molecule has 0 unspecified atom stereocenters. The number of carbonyl (C=O) groups is 3. The van der Waals surface area contributed by atoms with Crippen LogP contribution in [0.25, 0.3) is 11.1 Å². The minimum atomic E-state index is -3.83. The van der Waals surface area contributed by atoms with Crippen LogP contribution in [0.15, 0.2) is 72.4 Å². The number of allylic oxidation sites excluding steroid dienone is 1. The van der Waals surface area contributed by atoms with Gasteiger partial charge < -0.3 is 19.8 Å². The third-order valence-corrected chi connectivity index (χ3v) is 12.8. The zero-order valence-corrected chi connectivity index (χ0v) is 28.7. The number of rotatable bonds is 7. The molecule has 8 rings (SSSR count). The minimum Gasteiger partial charge on any atom is -0.490 e. The molecule has 4 fully saturated rings. The number of fused-ring (bicyclic) bond motifs is 6. The van der Waals surface area contributed by atoms with E-state index < -0.39 is 56.5 Å². The van der Waals surface area contributed by atoms with Gasteiger partial charge in [0.25, 0.3) is 5.91 Å². The molecule has 4 saturated carbocycles. The van der Waals surface area contributed by atoms with Gasteiger partial charge in [0.05, 0.1) is 17.1 Å². The lowest BCUT2D eigenvalue weighted by atomic mass is 9.92. The summed E-state index contributed by atoms with van der Waals surface area (Å²) in [6.07, 6.45) is 10.2. The Morgan fingerprint density at radius 3 is 2.52 bits per heavy atom. The van der Waals surface area contributed by atoms with Crippen molar-refractivity contribution in [3.8, 4) is 16.9 Å². The maximum atomic E-state index is 14.3. The van der Waals surface area contributed by atoms with Gasteiger partial charge in [-0.3, -0.25) is 19.1 Å². The number of hydrogen-bond acceptors (Lipinski definition) is 8. The highest BCUT2D eigenvalue weighted by molar-refractivity contribution is 7.91. The monoisotopic (exact) mass is 698 g/mol. The molecular formula is C38H42N4O7S. The smallest absolute Gasteiger partial charge is 0.259 e. The second-order valence-corrected chi connectivity index (χ2v) is 16.4. The Morgan fingerprint density at radius 1 is 1.00 bits per heavy atom. The van der Waals surface area contributed by atoms with E-state index in [9.17, 15) is 22.8 Å². The normalized spacial score (nSPS) is 29.0. The van der Waals surface area contributed by atoms with Gasteiger partial charge in [-0.1, -0.05) is 47.6 Å². The Kier molecular flexibility index (Phi) is 8.32. The number of oxime groups is 1. The molecule has 6 aliphatic rings. The fourth-order valence-corrected chi connectivity index (χ4v) is 9.15. The van der Waals surface area contributed by atoms with Crippen LogP contribution in [0.3, 0.4) is 0 Å². The fourth-order valence-electron chi connectivity index (χ4n) is 7.79. The molecule has 3 amide bonds. The van der Waals surface area contributed by atoms with Crippen molar-refractivity contribution in [1.29, 1.82) is 0 Å². The van der Waals surface area contributed by atoms with Crippen LogP contribution in [0.4, 0.5) is 0 Å². The second kappa shape index (κ2) is 12.7. The van der Waals surface area contributed by atoms with Gasteiger partial charge in [0.15, 0.2) is 0 Å². The zero-order valence-electron chi connectivity index (χ0n) is 27.9. The van der Waals surface area contributed by atoms with Crippen LogP contribution in [0.2, 0.25) is 0 Å². The van der Waals surface area contributed by atoms with E-state index in [1.807, 2.05) is 53.4 Å². The van der Waals surface area contributed by atoms with Gasteiger partial charge >= 0.3 is 0 Å². The predicted molar refractivity (Wildman–Crippen MR) is 186 cm³/mol. The number of benzene rings is 2. The van der Waals surface area contributed by atoms with E-state index in [1.165, 1.54) is 0 Å². The average molecular weight is 699 g/mol. The molecule has 262 valence electrons. The van der Waals surface area contributed by atoms with Crippen LogP contribution in [0.5, 0.6) is 5.75 Å². The summed E-state index contributed by atoms with van der Waals surface area (Å²) in [5.41, 5.74) is 3.09. The molecule has 2 aromatic rings. The van der Waals surface area contributed by atoms with Crippen LogP contribution in [-0.2, 0) is 29.2 Å². The predicted octanol–water partition coefficient (Wildman–Crippen LogP) is 4.22. The number of sulfonamides is 1. The van der Waals surface area contributed by atoms with Gasteiger partial charge in [-0.15, -0.1) is 6.58 Å². The highest BCUT2D eigenvalue weighted by Crippen LogP contribution is 2.47. The van der Waals surface area contributed by atoms with Crippen molar-refractivity contribution in [2.45, 2.75) is 80.7 Å². The lowest BCUT2D eigenvalue weighted by molar-refractivity contribution is -0.142. The van der Waals surface area contributed by atoms with Crippen molar-refractivity contribution in [3.05, 3.63) is 78.4 Å².